The van der Waals surface area contributed by atoms with E-state index in [0.717, 1.165) is 22.9 Å². The molecule has 0 aliphatic carbocycles. The monoisotopic (exact) mass is 336 g/mol. The van der Waals surface area contributed by atoms with E-state index in [-0.39, 0.29) is 11.9 Å². The Kier molecular flexibility index (Phi) is 5.38. The Balaban J connectivity index is 2.05. The molecular formula is C17H21FN2O2S. The van der Waals surface area contributed by atoms with Gasteiger partial charge in [-0.2, -0.15) is 0 Å². The van der Waals surface area contributed by atoms with Gasteiger partial charge in [-0.05, 0) is 54.8 Å². The molecule has 0 aliphatic rings. The van der Waals surface area contributed by atoms with Crippen LogP contribution in [0.5, 0.6) is 0 Å². The van der Waals surface area contributed by atoms with E-state index in [1.807, 2.05) is 26.0 Å². The Bertz CT molecular complexity index is 791. The maximum atomic E-state index is 13.1. The predicted molar refractivity (Wildman–Crippen MR) is 91.3 cm³/mol. The van der Waals surface area contributed by atoms with Crippen LogP contribution in [0, 0.1) is 12.7 Å². The standard InChI is InChI=1S/C17H21FN2O2S/c1-12-9-16(18)8-7-15(12)11-19-13(2)14-5-4-6-17(10-14)20-23(3,21)22/h4-10,13,19-20H,11H2,1-3H3. The summed E-state index contributed by atoms with van der Waals surface area (Å²) in [4.78, 5) is 0. The summed E-state index contributed by atoms with van der Waals surface area (Å²) >= 11 is 0. The molecule has 0 spiro atoms. The number of nitrogens with one attached hydrogen (secondary N) is 2. The van der Waals surface area contributed by atoms with Crippen LogP contribution in [0.4, 0.5) is 10.1 Å². The maximum Gasteiger partial charge on any atom is 0.229 e. The molecule has 0 heterocycles. The van der Waals surface area contributed by atoms with E-state index in [1.54, 1.807) is 18.2 Å². The van der Waals surface area contributed by atoms with Gasteiger partial charge < -0.3 is 5.32 Å². The van der Waals surface area contributed by atoms with Crippen molar-refractivity contribution in [3.05, 3.63) is 65.0 Å². The quantitative estimate of drug-likeness (QED) is 0.850. The highest BCUT2D eigenvalue weighted by atomic mass is 32.2. The second kappa shape index (κ2) is 7.10. The molecule has 1 unspecified atom stereocenters. The zero-order valence-corrected chi connectivity index (χ0v) is 14.2. The van der Waals surface area contributed by atoms with Crippen LogP contribution in [0.2, 0.25) is 0 Å². The summed E-state index contributed by atoms with van der Waals surface area (Å²) in [6.45, 7) is 4.48. The van der Waals surface area contributed by atoms with Crippen molar-refractivity contribution in [1.29, 1.82) is 0 Å². The summed E-state index contributed by atoms with van der Waals surface area (Å²) in [5.41, 5.74) is 3.44. The summed E-state index contributed by atoms with van der Waals surface area (Å²) in [5, 5.41) is 3.37. The van der Waals surface area contributed by atoms with Crippen LogP contribution in [0.15, 0.2) is 42.5 Å². The molecule has 0 aliphatic heterocycles. The molecule has 0 amide bonds. The Morgan fingerprint density at radius 2 is 1.91 bits per heavy atom. The van der Waals surface area contributed by atoms with Crippen molar-refractivity contribution in [3.63, 3.8) is 0 Å². The first-order chi connectivity index (χ1) is 10.7. The number of hydrogen-bond donors (Lipinski definition) is 2. The minimum atomic E-state index is -3.29. The zero-order valence-electron chi connectivity index (χ0n) is 13.4. The highest BCUT2D eigenvalue weighted by Gasteiger charge is 2.09. The lowest BCUT2D eigenvalue weighted by atomic mass is 10.1. The SMILES string of the molecule is Cc1cc(F)ccc1CNC(C)c1cccc(NS(C)(=O)=O)c1. The number of rotatable bonds is 6. The fourth-order valence-electron chi connectivity index (χ4n) is 2.32. The Morgan fingerprint density at radius 3 is 2.57 bits per heavy atom. The Labute approximate surface area is 136 Å². The molecule has 0 aromatic heterocycles. The normalized spacial score (nSPS) is 12.9. The zero-order chi connectivity index (χ0) is 17.0. The number of halogens is 1. The topological polar surface area (TPSA) is 58.2 Å². The van der Waals surface area contributed by atoms with Crippen LogP contribution in [0.25, 0.3) is 0 Å². The van der Waals surface area contributed by atoms with Gasteiger partial charge in [0.15, 0.2) is 0 Å². The van der Waals surface area contributed by atoms with Gasteiger partial charge in [-0.25, -0.2) is 12.8 Å². The van der Waals surface area contributed by atoms with Crippen molar-refractivity contribution >= 4 is 15.7 Å². The molecule has 2 rings (SSSR count). The predicted octanol–water partition coefficient (Wildman–Crippen LogP) is 3.36. The van der Waals surface area contributed by atoms with Crippen molar-refractivity contribution in [2.75, 3.05) is 11.0 Å². The van der Waals surface area contributed by atoms with E-state index >= 15 is 0 Å². The van der Waals surface area contributed by atoms with E-state index in [2.05, 4.69) is 10.0 Å². The molecule has 124 valence electrons. The Hall–Kier alpha value is -1.92. The summed E-state index contributed by atoms with van der Waals surface area (Å²) in [6.07, 6.45) is 1.12. The molecule has 2 aromatic carbocycles. The van der Waals surface area contributed by atoms with E-state index in [9.17, 15) is 12.8 Å². The molecule has 23 heavy (non-hydrogen) atoms. The van der Waals surface area contributed by atoms with Gasteiger partial charge >= 0.3 is 0 Å². The van der Waals surface area contributed by atoms with Crippen molar-refractivity contribution in [1.82, 2.24) is 5.32 Å². The summed E-state index contributed by atoms with van der Waals surface area (Å²) < 4.78 is 38.2. The molecule has 0 saturated carbocycles. The third kappa shape index (κ3) is 5.33. The van der Waals surface area contributed by atoms with E-state index < -0.39 is 10.0 Å². The molecule has 1 atom stereocenters. The first kappa shape index (κ1) is 17.4. The number of sulfonamides is 1. The first-order valence-corrected chi connectivity index (χ1v) is 9.20. The third-order valence-electron chi connectivity index (χ3n) is 3.59. The number of hydrogen-bond acceptors (Lipinski definition) is 3. The molecule has 0 radical (unpaired) electrons. The molecular weight excluding hydrogens is 315 g/mol. The third-order valence-corrected chi connectivity index (χ3v) is 4.20. The van der Waals surface area contributed by atoms with E-state index in [4.69, 9.17) is 0 Å². The Morgan fingerprint density at radius 1 is 1.17 bits per heavy atom. The summed E-state index contributed by atoms with van der Waals surface area (Å²) in [6, 6.07) is 12.0. The van der Waals surface area contributed by atoms with Crippen molar-refractivity contribution in [2.24, 2.45) is 0 Å². The van der Waals surface area contributed by atoms with E-state index in [1.165, 1.54) is 12.1 Å². The number of aryl methyl sites for hydroxylation is 1. The molecule has 2 aromatic rings. The molecule has 0 bridgehead atoms. The van der Waals surface area contributed by atoms with Gasteiger partial charge in [-0.1, -0.05) is 18.2 Å². The fourth-order valence-corrected chi connectivity index (χ4v) is 2.88. The van der Waals surface area contributed by atoms with Crippen molar-refractivity contribution in [3.8, 4) is 0 Å². The average Bonchev–Trinajstić information content (AvgIpc) is 2.44. The van der Waals surface area contributed by atoms with E-state index in [0.29, 0.717) is 12.2 Å². The smallest absolute Gasteiger partial charge is 0.229 e. The maximum absolute atomic E-state index is 13.1. The number of anilines is 1. The van der Waals surface area contributed by atoms with Gasteiger partial charge in [-0.15, -0.1) is 0 Å². The lowest BCUT2D eigenvalue weighted by molar-refractivity contribution is 0.571. The van der Waals surface area contributed by atoms with Crippen LogP contribution in [-0.2, 0) is 16.6 Å². The highest BCUT2D eigenvalue weighted by molar-refractivity contribution is 7.92. The van der Waals surface area contributed by atoms with Gasteiger partial charge in [0.25, 0.3) is 0 Å². The second-order valence-corrected chi connectivity index (χ2v) is 7.42. The van der Waals surface area contributed by atoms with Gasteiger partial charge in [0.1, 0.15) is 5.82 Å². The van der Waals surface area contributed by atoms with Crippen LogP contribution in [0.3, 0.4) is 0 Å². The first-order valence-electron chi connectivity index (χ1n) is 7.31. The van der Waals surface area contributed by atoms with Crippen LogP contribution in [0.1, 0.15) is 29.7 Å². The molecule has 6 heteroatoms. The minimum absolute atomic E-state index is 0.0285. The summed E-state index contributed by atoms with van der Waals surface area (Å²) in [5.74, 6) is -0.237. The van der Waals surface area contributed by atoms with Gasteiger partial charge in [-0.3, -0.25) is 4.72 Å². The molecule has 2 N–H and O–H groups in total. The molecule has 4 nitrogen and oxygen atoms in total. The average molecular weight is 336 g/mol. The van der Waals surface area contributed by atoms with Crippen molar-refractivity contribution < 1.29 is 12.8 Å². The lowest BCUT2D eigenvalue weighted by Crippen LogP contribution is -2.19. The van der Waals surface area contributed by atoms with Crippen LogP contribution < -0.4 is 10.0 Å². The number of benzene rings is 2. The lowest BCUT2D eigenvalue weighted by Gasteiger charge is -2.16. The van der Waals surface area contributed by atoms with Crippen molar-refractivity contribution in [2.45, 2.75) is 26.4 Å². The van der Waals surface area contributed by atoms with Gasteiger partial charge in [0, 0.05) is 18.3 Å². The largest absolute Gasteiger partial charge is 0.306 e. The molecule has 0 saturated heterocycles. The van der Waals surface area contributed by atoms with Crippen LogP contribution in [-0.4, -0.2) is 14.7 Å². The fraction of sp³-hybridized carbons (Fsp3) is 0.294. The van der Waals surface area contributed by atoms with Gasteiger partial charge in [0.05, 0.1) is 6.26 Å². The van der Waals surface area contributed by atoms with Gasteiger partial charge in [0.2, 0.25) is 10.0 Å². The summed E-state index contributed by atoms with van der Waals surface area (Å²) in [7, 11) is -3.29. The minimum Gasteiger partial charge on any atom is -0.306 e. The second-order valence-electron chi connectivity index (χ2n) is 5.67. The molecule has 0 fully saturated rings. The highest BCUT2D eigenvalue weighted by Crippen LogP contribution is 2.19. The van der Waals surface area contributed by atoms with Crippen LogP contribution >= 0.6 is 0 Å².